The van der Waals surface area contributed by atoms with E-state index in [4.69, 9.17) is 4.98 Å². The first-order valence-electron chi connectivity index (χ1n) is 7.77. The van der Waals surface area contributed by atoms with Crippen molar-refractivity contribution in [1.29, 1.82) is 0 Å². The molecule has 5 nitrogen and oxygen atoms in total. The standard InChI is InChI=1S/C14H23N5/c1-2-10(1)13-16-14(18-17-13)11-4-7-19(8-5-11)12-3-6-15-9-12/h10-12,15H,1-9H2,(H,16,17,18). The van der Waals surface area contributed by atoms with Gasteiger partial charge in [0.1, 0.15) is 5.82 Å². The molecule has 1 aromatic rings. The lowest BCUT2D eigenvalue weighted by Crippen LogP contribution is -2.42. The first-order chi connectivity index (χ1) is 9.40. The number of likely N-dealkylation sites (tertiary alicyclic amines) is 1. The highest BCUT2D eigenvalue weighted by Gasteiger charge is 2.31. The zero-order valence-corrected chi connectivity index (χ0v) is 11.4. The lowest BCUT2D eigenvalue weighted by Gasteiger charge is -2.34. The van der Waals surface area contributed by atoms with Crippen LogP contribution in [0.2, 0.25) is 0 Å². The summed E-state index contributed by atoms with van der Waals surface area (Å²) in [5.74, 6) is 3.48. The van der Waals surface area contributed by atoms with E-state index in [2.05, 4.69) is 20.4 Å². The van der Waals surface area contributed by atoms with Crippen LogP contribution in [0.3, 0.4) is 0 Å². The first kappa shape index (κ1) is 11.9. The second-order valence-corrected chi connectivity index (χ2v) is 6.31. The maximum atomic E-state index is 4.72. The van der Waals surface area contributed by atoms with Crippen molar-refractivity contribution in [3.05, 3.63) is 11.6 Å². The molecule has 5 heteroatoms. The Morgan fingerprint density at radius 2 is 1.84 bits per heavy atom. The van der Waals surface area contributed by atoms with Crippen molar-refractivity contribution in [2.45, 2.75) is 50.0 Å². The van der Waals surface area contributed by atoms with Crippen molar-refractivity contribution in [1.82, 2.24) is 25.4 Å². The summed E-state index contributed by atoms with van der Waals surface area (Å²) in [6.07, 6.45) is 6.35. The van der Waals surface area contributed by atoms with Gasteiger partial charge in [0.05, 0.1) is 0 Å². The van der Waals surface area contributed by atoms with E-state index in [1.165, 1.54) is 58.3 Å². The average molecular weight is 261 g/mol. The van der Waals surface area contributed by atoms with E-state index in [9.17, 15) is 0 Å². The average Bonchev–Trinajstić information content (AvgIpc) is 2.97. The first-order valence-corrected chi connectivity index (χ1v) is 7.77. The minimum absolute atomic E-state index is 0.602. The summed E-state index contributed by atoms with van der Waals surface area (Å²) in [5.41, 5.74) is 0. The van der Waals surface area contributed by atoms with Gasteiger partial charge in [-0.05, 0) is 51.7 Å². The van der Waals surface area contributed by atoms with Crippen LogP contribution in [0, 0.1) is 0 Å². The van der Waals surface area contributed by atoms with Gasteiger partial charge in [-0.15, -0.1) is 0 Å². The topological polar surface area (TPSA) is 56.8 Å². The number of hydrogen-bond acceptors (Lipinski definition) is 4. The molecule has 1 saturated carbocycles. The van der Waals surface area contributed by atoms with E-state index in [1.54, 1.807) is 0 Å². The second-order valence-electron chi connectivity index (χ2n) is 6.31. The summed E-state index contributed by atoms with van der Waals surface area (Å²) in [4.78, 5) is 7.38. The second kappa shape index (κ2) is 4.87. The monoisotopic (exact) mass is 261 g/mol. The molecule has 4 rings (SSSR count). The molecule has 2 aliphatic heterocycles. The van der Waals surface area contributed by atoms with Gasteiger partial charge < -0.3 is 5.32 Å². The molecule has 0 radical (unpaired) electrons. The lowest BCUT2D eigenvalue weighted by molar-refractivity contribution is 0.159. The highest BCUT2D eigenvalue weighted by atomic mass is 15.2. The van der Waals surface area contributed by atoms with Crippen molar-refractivity contribution in [3.63, 3.8) is 0 Å². The molecule has 19 heavy (non-hydrogen) atoms. The fraction of sp³-hybridized carbons (Fsp3) is 0.857. The molecule has 0 amide bonds. The Morgan fingerprint density at radius 3 is 2.53 bits per heavy atom. The van der Waals surface area contributed by atoms with Gasteiger partial charge in [0.2, 0.25) is 0 Å². The van der Waals surface area contributed by atoms with Crippen molar-refractivity contribution < 1.29 is 0 Å². The Hall–Kier alpha value is -0.940. The Bertz CT molecular complexity index is 425. The van der Waals surface area contributed by atoms with Gasteiger partial charge in [-0.3, -0.25) is 10.00 Å². The van der Waals surface area contributed by atoms with Gasteiger partial charge in [-0.25, -0.2) is 4.98 Å². The molecule has 2 saturated heterocycles. The van der Waals surface area contributed by atoms with Crippen LogP contribution in [0.5, 0.6) is 0 Å². The summed E-state index contributed by atoms with van der Waals surface area (Å²) in [6.45, 7) is 4.81. The maximum Gasteiger partial charge on any atom is 0.153 e. The normalized spacial score (nSPS) is 30.0. The van der Waals surface area contributed by atoms with Crippen molar-refractivity contribution in [2.75, 3.05) is 26.2 Å². The third-order valence-corrected chi connectivity index (χ3v) is 4.93. The Morgan fingerprint density at radius 1 is 1.00 bits per heavy atom. The summed E-state index contributed by atoms with van der Waals surface area (Å²) < 4.78 is 0. The number of hydrogen-bond donors (Lipinski definition) is 2. The number of H-pyrrole nitrogens is 1. The molecule has 0 bridgehead atoms. The minimum Gasteiger partial charge on any atom is -0.315 e. The lowest BCUT2D eigenvalue weighted by atomic mass is 9.95. The number of nitrogens with zero attached hydrogens (tertiary/aromatic N) is 3. The summed E-state index contributed by atoms with van der Waals surface area (Å²) >= 11 is 0. The summed E-state index contributed by atoms with van der Waals surface area (Å²) in [7, 11) is 0. The number of aromatic amines is 1. The van der Waals surface area contributed by atoms with Crippen LogP contribution in [-0.4, -0.2) is 52.3 Å². The van der Waals surface area contributed by atoms with Gasteiger partial charge in [-0.2, -0.15) is 5.10 Å². The molecule has 3 heterocycles. The highest BCUT2D eigenvalue weighted by molar-refractivity contribution is 5.08. The summed E-state index contributed by atoms with van der Waals surface area (Å²) in [6, 6.07) is 0.776. The molecule has 3 fully saturated rings. The molecular weight excluding hydrogens is 238 g/mol. The van der Waals surface area contributed by atoms with Gasteiger partial charge >= 0.3 is 0 Å². The Balaban J connectivity index is 1.36. The van der Waals surface area contributed by atoms with Crippen LogP contribution < -0.4 is 5.32 Å². The smallest absolute Gasteiger partial charge is 0.153 e. The van der Waals surface area contributed by atoms with Gasteiger partial charge in [0.15, 0.2) is 5.82 Å². The van der Waals surface area contributed by atoms with Crippen molar-refractivity contribution in [3.8, 4) is 0 Å². The third kappa shape index (κ3) is 2.41. The SMILES string of the molecule is C1CC(N2CCC(c3nc(C4CC4)n[nH]3)CC2)CN1. The molecule has 3 aliphatic rings. The predicted octanol–water partition coefficient (Wildman–Crippen LogP) is 1.22. The fourth-order valence-corrected chi connectivity index (χ4v) is 3.48. The fourth-order valence-electron chi connectivity index (χ4n) is 3.48. The van der Waals surface area contributed by atoms with E-state index < -0.39 is 0 Å². The maximum absolute atomic E-state index is 4.72. The number of nitrogens with one attached hydrogen (secondary N) is 2. The van der Waals surface area contributed by atoms with E-state index in [0.717, 1.165) is 17.7 Å². The van der Waals surface area contributed by atoms with E-state index in [1.807, 2.05) is 0 Å². The predicted molar refractivity (Wildman–Crippen MR) is 73.2 cm³/mol. The van der Waals surface area contributed by atoms with E-state index in [0.29, 0.717) is 11.8 Å². The molecule has 1 atom stereocenters. The molecule has 104 valence electrons. The molecule has 1 aromatic heterocycles. The van der Waals surface area contributed by atoms with Crippen LogP contribution in [0.4, 0.5) is 0 Å². The number of aromatic nitrogens is 3. The van der Waals surface area contributed by atoms with E-state index >= 15 is 0 Å². The quantitative estimate of drug-likeness (QED) is 0.859. The van der Waals surface area contributed by atoms with Crippen molar-refractivity contribution >= 4 is 0 Å². The largest absolute Gasteiger partial charge is 0.315 e. The summed E-state index contributed by atoms with van der Waals surface area (Å²) in [5, 5.41) is 11.0. The van der Waals surface area contributed by atoms with Crippen LogP contribution in [0.1, 0.15) is 55.6 Å². The molecular formula is C14H23N5. The zero-order chi connectivity index (χ0) is 12.7. The number of rotatable bonds is 3. The Kier molecular flexibility index (Phi) is 3.04. The molecule has 1 aliphatic carbocycles. The van der Waals surface area contributed by atoms with Gasteiger partial charge in [0.25, 0.3) is 0 Å². The minimum atomic E-state index is 0.602. The molecule has 2 N–H and O–H groups in total. The molecule has 1 unspecified atom stereocenters. The van der Waals surface area contributed by atoms with Gasteiger partial charge in [-0.1, -0.05) is 0 Å². The third-order valence-electron chi connectivity index (χ3n) is 4.93. The van der Waals surface area contributed by atoms with Crippen LogP contribution >= 0.6 is 0 Å². The van der Waals surface area contributed by atoms with E-state index in [-0.39, 0.29) is 0 Å². The highest BCUT2D eigenvalue weighted by Crippen LogP contribution is 2.38. The van der Waals surface area contributed by atoms with Crippen LogP contribution in [0.25, 0.3) is 0 Å². The number of piperidine rings is 1. The Labute approximate surface area is 114 Å². The van der Waals surface area contributed by atoms with Crippen molar-refractivity contribution in [2.24, 2.45) is 0 Å². The van der Waals surface area contributed by atoms with Crippen LogP contribution in [0.15, 0.2) is 0 Å². The van der Waals surface area contributed by atoms with Crippen LogP contribution in [-0.2, 0) is 0 Å². The molecule has 0 spiro atoms. The van der Waals surface area contributed by atoms with Gasteiger partial charge in [0, 0.05) is 24.4 Å². The zero-order valence-electron chi connectivity index (χ0n) is 11.4. The molecule has 0 aromatic carbocycles.